The Kier molecular flexibility index (Phi) is 3.63. The molecule has 0 aliphatic heterocycles. The van der Waals surface area contributed by atoms with Gasteiger partial charge in [0.25, 0.3) is 0 Å². The molecule has 1 heterocycles. The molecule has 5 heteroatoms. The molecule has 0 unspecified atom stereocenters. The van der Waals surface area contributed by atoms with E-state index in [0.717, 1.165) is 15.2 Å². The highest BCUT2D eigenvalue weighted by molar-refractivity contribution is 9.10. The van der Waals surface area contributed by atoms with Gasteiger partial charge in [0.05, 0.1) is 16.6 Å². The largest absolute Gasteiger partial charge is 0.294 e. The number of nitrogens with zero attached hydrogens (tertiary/aromatic N) is 1. The highest BCUT2D eigenvalue weighted by Gasteiger charge is 2.12. The van der Waals surface area contributed by atoms with Crippen molar-refractivity contribution >= 4 is 43.3 Å². The maximum Gasteiger partial charge on any atom is 0.169 e. The highest BCUT2D eigenvalue weighted by atomic mass is 79.9. The Morgan fingerprint density at radius 2 is 2.05 bits per heavy atom. The summed E-state index contributed by atoms with van der Waals surface area (Å²) in [6, 6.07) is 11.9. The minimum atomic E-state index is -0.424. The quantitative estimate of drug-likeness (QED) is 0.645. The summed E-state index contributed by atoms with van der Waals surface area (Å²) in [6.07, 6.45) is 0.190. The summed E-state index contributed by atoms with van der Waals surface area (Å²) < 4.78 is 14.9. The number of thiazole rings is 1. The molecule has 100 valence electrons. The van der Waals surface area contributed by atoms with E-state index in [1.807, 2.05) is 24.3 Å². The molecule has 3 aromatic rings. The second-order valence-electron chi connectivity index (χ2n) is 4.33. The number of hydrogen-bond acceptors (Lipinski definition) is 3. The highest BCUT2D eigenvalue weighted by Crippen LogP contribution is 2.23. The molecule has 0 saturated carbocycles. The first-order chi connectivity index (χ1) is 9.61. The van der Waals surface area contributed by atoms with E-state index in [2.05, 4.69) is 20.9 Å². The van der Waals surface area contributed by atoms with Crippen molar-refractivity contribution in [3.05, 3.63) is 63.3 Å². The van der Waals surface area contributed by atoms with E-state index in [1.165, 1.54) is 23.5 Å². The molecule has 0 spiro atoms. The van der Waals surface area contributed by atoms with E-state index in [-0.39, 0.29) is 12.2 Å². The van der Waals surface area contributed by atoms with E-state index in [9.17, 15) is 9.18 Å². The number of hydrogen-bond donors (Lipinski definition) is 0. The average Bonchev–Trinajstić information content (AvgIpc) is 2.79. The van der Waals surface area contributed by atoms with Crippen LogP contribution >= 0.6 is 27.3 Å². The first-order valence-corrected chi connectivity index (χ1v) is 7.56. The fourth-order valence-corrected chi connectivity index (χ4v) is 3.38. The summed E-state index contributed by atoms with van der Waals surface area (Å²) in [5.74, 6) is -0.559. The molecule has 0 bridgehead atoms. The topological polar surface area (TPSA) is 30.0 Å². The SMILES string of the molecule is O=C(Cc1nc2ccccc2s1)c1cc(F)cc(Br)c1. The summed E-state index contributed by atoms with van der Waals surface area (Å²) in [5.41, 5.74) is 1.25. The lowest BCUT2D eigenvalue weighted by Crippen LogP contribution is -2.03. The number of carbonyl (C=O) groups is 1. The second-order valence-corrected chi connectivity index (χ2v) is 6.36. The minimum Gasteiger partial charge on any atom is -0.294 e. The minimum absolute atomic E-state index is 0.135. The molecule has 20 heavy (non-hydrogen) atoms. The van der Waals surface area contributed by atoms with Gasteiger partial charge in [-0.15, -0.1) is 11.3 Å². The van der Waals surface area contributed by atoms with Gasteiger partial charge in [-0.3, -0.25) is 4.79 Å². The van der Waals surface area contributed by atoms with E-state index in [1.54, 1.807) is 6.07 Å². The van der Waals surface area contributed by atoms with Crippen molar-refractivity contribution in [3.63, 3.8) is 0 Å². The van der Waals surface area contributed by atoms with Crippen LogP contribution in [0.25, 0.3) is 10.2 Å². The molecule has 0 saturated heterocycles. The normalized spacial score (nSPS) is 10.9. The first-order valence-electron chi connectivity index (χ1n) is 5.95. The second kappa shape index (κ2) is 5.42. The number of ketones is 1. The van der Waals surface area contributed by atoms with Crippen molar-refractivity contribution < 1.29 is 9.18 Å². The monoisotopic (exact) mass is 349 g/mol. The predicted molar refractivity (Wildman–Crippen MR) is 81.8 cm³/mol. The van der Waals surface area contributed by atoms with Crippen molar-refractivity contribution in [3.8, 4) is 0 Å². The number of para-hydroxylation sites is 1. The number of benzene rings is 2. The number of rotatable bonds is 3. The Bertz CT molecular complexity index is 746. The van der Waals surface area contributed by atoms with Gasteiger partial charge >= 0.3 is 0 Å². The van der Waals surface area contributed by atoms with Crippen LogP contribution in [0.5, 0.6) is 0 Å². The van der Waals surface area contributed by atoms with Crippen LogP contribution in [0, 0.1) is 5.82 Å². The molecule has 0 amide bonds. The van der Waals surface area contributed by atoms with Crippen LogP contribution in [0.15, 0.2) is 46.9 Å². The molecule has 3 rings (SSSR count). The number of halogens is 2. The Hall–Kier alpha value is -1.59. The van der Waals surface area contributed by atoms with Crippen LogP contribution in [0.3, 0.4) is 0 Å². The van der Waals surface area contributed by atoms with Gasteiger partial charge in [-0.2, -0.15) is 0 Å². The van der Waals surface area contributed by atoms with E-state index in [0.29, 0.717) is 10.0 Å². The third-order valence-corrected chi connectivity index (χ3v) is 4.33. The lowest BCUT2D eigenvalue weighted by atomic mass is 10.1. The fourth-order valence-electron chi connectivity index (χ4n) is 1.95. The summed E-state index contributed by atoms with van der Waals surface area (Å²) in [5, 5.41) is 0.747. The molecule has 2 aromatic carbocycles. The van der Waals surface area contributed by atoms with Gasteiger partial charge in [0.1, 0.15) is 10.8 Å². The van der Waals surface area contributed by atoms with E-state index < -0.39 is 5.82 Å². The third kappa shape index (κ3) is 2.78. The zero-order valence-corrected chi connectivity index (χ0v) is 12.7. The smallest absolute Gasteiger partial charge is 0.169 e. The summed E-state index contributed by atoms with van der Waals surface area (Å²) in [4.78, 5) is 16.6. The lowest BCUT2D eigenvalue weighted by molar-refractivity contribution is 0.0992. The van der Waals surface area contributed by atoms with E-state index in [4.69, 9.17) is 0 Å². The summed E-state index contributed by atoms with van der Waals surface area (Å²) in [6.45, 7) is 0. The lowest BCUT2D eigenvalue weighted by Gasteiger charge is -2.00. The summed E-state index contributed by atoms with van der Waals surface area (Å²) in [7, 11) is 0. The van der Waals surface area contributed by atoms with Crippen molar-refractivity contribution in [1.82, 2.24) is 4.98 Å². The molecule has 1 aromatic heterocycles. The maximum absolute atomic E-state index is 13.3. The van der Waals surface area contributed by atoms with Crippen LogP contribution in [0.1, 0.15) is 15.4 Å². The van der Waals surface area contributed by atoms with Gasteiger partial charge in [0.15, 0.2) is 5.78 Å². The molecule has 2 nitrogen and oxygen atoms in total. The Morgan fingerprint density at radius 1 is 1.25 bits per heavy atom. The van der Waals surface area contributed by atoms with Crippen LogP contribution in [0.4, 0.5) is 4.39 Å². The molecule has 0 atom stereocenters. The molecule has 0 radical (unpaired) electrons. The van der Waals surface area contributed by atoms with Gasteiger partial charge in [0.2, 0.25) is 0 Å². The van der Waals surface area contributed by atoms with Crippen LogP contribution in [0.2, 0.25) is 0 Å². The molecule has 0 fully saturated rings. The predicted octanol–water partition coefficient (Wildman–Crippen LogP) is 4.62. The standard InChI is InChI=1S/C15H9BrFNOS/c16-10-5-9(6-11(17)7-10)13(19)8-15-18-12-3-1-2-4-14(12)20-15/h1-7H,8H2. The Morgan fingerprint density at radius 3 is 2.80 bits per heavy atom. The molecule has 0 aliphatic carbocycles. The van der Waals surface area contributed by atoms with Gasteiger partial charge in [-0.1, -0.05) is 28.1 Å². The average molecular weight is 350 g/mol. The number of aromatic nitrogens is 1. The summed E-state index contributed by atoms with van der Waals surface area (Å²) >= 11 is 4.68. The van der Waals surface area contributed by atoms with Crippen molar-refractivity contribution in [2.75, 3.05) is 0 Å². The maximum atomic E-state index is 13.3. The van der Waals surface area contributed by atoms with Crippen molar-refractivity contribution in [1.29, 1.82) is 0 Å². The number of Topliss-reactive ketones (excluding diaryl/α,β-unsaturated/α-hetero) is 1. The van der Waals surface area contributed by atoms with Gasteiger partial charge in [-0.25, -0.2) is 9.37 Å². The number of carbonyl (C=O) groups excluding carboxylic acids is 1. The van der Waals surface area contributed by atoms with Crippen LogP contribution < -0.4 is 0 Å². The zero-order chi connectivity index (χ0) is 14.1. The van der Waals surface area contributed by atoms with Crippen LogP contribution in [-0.4, -0.2) is 10.8 Å². The fraction of sp³-hybridized carbons (Fsp3) is 0.0667. The van der Waals surface area contributed by atoms with Gasteiger partial charge in [-0.05, 0) is 30.3 Å². The first kappa shape index (κ1) is 13.4. The third-order valence-electron chi connectivity index (χ3n) is 2.83. The van der Waals surface area contributed by atoms with Crippen LogP contribution in [-0.2, 0) is 6.42 Å². The Balaban J connectivity index is 1.88. The zero-order valence-electron chi connectivity index (χ0n) is 10.3. The molecule has 0 aliphatic rings. The Labute approximate surface area is 127 Å². The van der Waals surface area contributed by atoms with Crippen molar-refractivity contribution in [2.24, 2.45) is 0 Å². The van der Waals surface area contributed by atoms with E-state index >= 15 is 0 Å². The molecular weight excluding hydrogens is 341 g/mol. The molecular formula is C15H9BrFNOS. The van der Waals surface area contributed by atoms with Crippen molar-refractivity contribution in [2.45, 2.75) is 6.42 Å². The molecule has 0 N–H and O–H groups in total. The van der Waals surface area contributed by atoms with Gasteiger partial charge in [0, 0.05) is 10.0 Å². The van der Waals surface area contributed by atoms with Gasteiger partial charge < -0.3 is 0 Å². The number of fused-ring (bicyclic) bond motifs is 1.